The van der Waals surface area contributed by atoms with Crippen molar-refractivity contribution in [1.82, 2.24) is 4.57 Å². The molecule has 92 valence electrons. The van der Waals surface area contributed by atoms with Gasteiger partial charge in [0, 0.05) is 22.7 Å². The third-order valence-corrected chi connectivity index (χ3v) is 2.99. The van der Waals surface area contributed by atoms with Crippen LogP contribution in [-0.2, 0) is 6.54 Å². The Bertz CT molecular complexity index is 638. The molecule has 1 aromatic carbocycles. The van der Waals surface area contributed by atoms with E-state index in [4.69, 9.17) is 9.15 Å². The van der Waals surface area contributed by atoms with E-state index in [2.05, 4.69) is 29.0 Å². The van der Waals surface area contributed by atoms with Gasteiger partial charge in [-0.1, -0.05) is 0 Å². The number of benzene rings is 1. The molecule has 0 aliphatic carbocycles. The molecule has 0 radical (unpaired) electrons. The van der Waals surface area contributed by atoms with Crippen molar-refractivity contribution in [3.8, 4) is 5.75 Å². The standard InChI is InChI=1S/C15H15NO2/c1-2-18-14-3-4-15-13(9-14)5-7-16(15)10-12-6-8-17-11-12/h3-9,11H,2,10H2,1H3. The predicted octanol–water partition coefficient (Wildman–Crippen LogP) is 3.68. The van der Waals surface area contributed by atoms with Gasteiger partial charge in [0.25, 0.3) is 0 Å². The highest BCUT2D eigenvalue weighted by atomic mass is 16.5. The van der Waals surface area contributed by atoms with Crippen molar-refractivity contribution in [3.05, 3.63) is 54.6 Å². The topological polar surface area (TPSA) is 27.3 Å². The van der Waals surface area contributed by atoms with Crippen LogP contribution in [-0.4, -0.2) is 11.2 Å². The first-order valence-corrected chi connectivity index (χ1v) is 6.09. The van der Waals surface area contributed by atoms with Crippen molar-refractivity contribution in [3.63, 3.8) is 0 Å². The van der Waals surface area contributed by atoms with E-state index in [0.717, 1.165) is 12.3 Å². The number of ether oxygens (including phenoxy) is 1. The van der Waals surface area contributed by atoms with Gasteiger partial charge in [-0.3, -0.25) is 0 Å². The van der Waals surface area contributed by atoms with E-state index in [-0.39, 0.29) is 0 Å². The van der Waals surface area contributed by atoms with E-state index in [1.807, 2.05) is 19.1 Å². The third kappa shape index (κ3) is 1.99. The number of fused-ring (bicyclic) bond motifs is 1. The molecular formula is C15H15NO2. The van der Waals surface area contributed by atoms with Crippen LogP contribution in [0.2, 0.25) is 0 Å². The molecule has 0 amide bonds. The van der Waals surface area contributed by atoms with E-state index >= 15 is 0 Å². The molecule has 3 aromatic rings. The second-order valence-corrected chi connectivity index (χ2v) is 4.23. The van der Waals surface area contributed by atoms with Gasteiger partial charge in [-0.05, 0) is 37.3 Å². The summed E-state index contributed by atoms with van der Waals surface area (Å²) in [6.07, 6.45) is 5.57. The number of aromatic nitrogens is 1. The molecule has 0 atom stereocenters. The van der Waals surface area contributed by atoms with Gasteiger partial charge in [0.2, 0.25) is 0 Å². The molecular weight excluding hydrogens is 226 g/mol. The van der Waals surface area contributed by atoms with E-state index < -0.39 is 0 Å². The minimum atomic E-state index is 0.696. The van der Waals surface area contributed by atoms with Crippen LogP contribution < -0.4 is 4.74 Å². The Kier molecular flexibility index (Phi) is 2.81. The highest BCUT2D eigenvalue weighted by Crippen LogP contribution is 2.22. The van der Waals surface area contributed by atoms with Gasteiger partial charge in [0.05, 0.1) is 25.7 Å². The average molecular weight is 241 g/mol. The summed E-state index contributed by atoms with van der Waals surface area (Å²) in [5.41, 5.74) is 2.38. The zero-order chi connectivity index (χ0) is 12.4. The van der Waals surface area contributed by atoms with Crippen LogP contribution in [0.4, 0.5) is 0 Å². The number of hydrogen-bond acceptors (Lipinski definition) is 2. The number of rotatable bonds is 4. The largest absolute Gasteiger partial charge is 0.494 e. The van der Waals surface area contributed by atoms with E-state index in [0.29, 0.717) is 6.61 Å². The summed E-state index contributed by atoms with van der Waals surface area (Å²) >= 11 is 0. The fourth-order valence-corrected chi connectivity index (χ4v) is 2.15. The predicted molar refractivity (Wildman–Crippen MR) is 70.9 cm³/mol. The summed E-state index contributed by atoms with van der Waals surface area (Å²) < 4.78 is 12.8. The maximum Gasteiger partial charge on any atom is 0.120 e. The molecule has 18 heavy (non-hydrogen) atoms. The Morgan fingerprint density at radius 2 is 2.17 bits per heavy atom. The Morgan fingerprint density at radius 1 is 1.22 bits per heavy atom. The van der Waals surface area contributed by atoms with Crippen LogP contribution in [0.25, 0.3) is 10.9 Å². The molecule has 0 saturated heterocycles. The monoisotopic (exact) mass is 241 g/mol. The van der Waals surface area contributed by atoms with Crippen LogP contribution in [0.1, 0.15) is 12.5 Å². The first-order valence-electron chi connectivity index (χ1n) is 6.09. The minimum Gasteiger partial charge on any atom is -0.494 e. The van der Waals surface area contributed by atoms with Crippen molar-refractivity contribution in [2.24, 2.45) is 0 Å². The van der Waals surface area contributed by atoms with Crippen molar-refractivity contribution in [2.75, 3.05) is 6.61 Å². The zero-order valence-corrected chi connectivity index (χ0v) is 10.3. The van der Waals surface area contributed by atoms with Crippen LogP contribution >= 0.6 is 0 Å². The van der Waals surface area contributed by atoms with E-state index in [1.54, 1.807) is 12.5 Å². The van der Waals surface area contributed by atoms with Crippen molar-refractivity contribution in [1.29, 1.82) is 0 Å². The van der Waals surface area contributed by atoms with E-state index in [9.17, 15) is 0 Å². The van der Waals surface area contributed by atoms with Gasteiger partial charge in [-0.15, -0.1) is 0 Å². The Morgan fingerprint density at radius 3 is 2.94 bits per heavy atom. The molecule has 0 saturated carbocycles. The highest BCUT2D eigenvalue weighted by molar-refractivity contribution is 5.81. The Labute approximate surface area is 106 Å². The van der Waals surface area contributed by atoms with Crippen LogP contribution in [0.3, 0.4) is 0 Å². The highest BCUT2D eigenvalue weighted by Gasteiger charge is 2.04. The molecule has 0 N–H and O–H groups in total. The lowest BCUT2D eigenvalue weighted by molar-refractivity contribution is 0.340. The number of hydrogen-bond donors (Lipinski definition) is 0. The zero-order valence-electron chi connectivity index (χ0n) is 10.3. The first-order chi connectivity index (χ1) is 8.86. The van der Waals surface area contributed by atoms with Gasteiger partial charge in [0.1, 0.15) is 5.75 Å². The Balaban J connectivity index is 1.94. The smallest absolute Gasteiger partial charge is 0.120 e. The second-order valence-electron chi connectivity index (χ2n) is 4.23. The molecule has 2 aromatic heterocycles. The summed E-state index contributed by atoms with van der Waals surface area (Å²) in [6.45, 7) is 3.52. The maximum atomic E-state index is 5.50. The number of furan rings is 1. The van der Waals surface area contributed by atoms with Crippen LogP contribution in [0, 0.1) is 0 Å². The van der Waals surface area contributed by atoms with Gasteiger partial charge in [-0.25, -0.2) is 0 Å². The summed E-state index contributed by atoms with van der Waals surface area (Å²) in [5, 5.41) is 1.20. The van der Waals surface area contributed by atoms with Gasteiger partial charge < -0.3 is 13.7 Å². The molecule has 0 aliphatic rings. The van der Waals surface area contributed by atoms with Gasteiger partial charge in [-0.2, -0.15) is 0 Å². The van der Waals surface area contributed by atoms with Crippen LogP contribution in [0.15, 0.2) is 53.5 Å². The van der Waals surface area contributed by atoms with Crippen molar-refractivity contribution >= 4 is 10.9 Å². The average Bonchev–Trinajstić information content (AvgIpc) is 3.00. The summed E-state index contributed by atoms with van der Waals surface area (Å²) in [7, 11) is 0. The molecule has 3 rings (SSSR count). The third-order valence-electron chi connectivity index (χ3n) is 2.99. The fraction of sp³-hybridized carbons (Fsp3) is 0.200. The fourth-order valence-electron chi connectivity index (χ4n) is 2.15. The van der Waals surface area contributed by atoms with Gasteiger partial charge >= 0.3 is 0 Å². The van der Waals surface area contributed by atoms with Crippen LogP contribution in [0.5, 0.6) is 5.75 Å². The van der Waals surface area contributed by atoms with Crippen molar-refractivity contribution in [2.45, 2.75) is 13.5 Å². The van der Waals surface area contributed by atoms with Gasteiger partial charge in [0.15, 0.2) is 0 Å². The molecule has 0 unspecified atom stereocenters. The SMILES string of the molecule is CCOc1ccc2c(ccn2Cc2ccoc2)c1. The quantitative estimate of drug-likeness (QED) is 0.696. The lowest BCUT2D eigenvalue weighted by Crippen LogP contribution is -1.96. The maximum absolute atomic E-state index is 5.50. The van der Waals surface area contributed by atoms with Crippen molar-refractivity contribution < 1.29 is 9.15 Å². The summed E-state index contributed by atoms with van der Waals surface area (Å²) in [5.74, 6) is 0.922. The summed E-state index contributed by atoms with van der Waals surface area (Å²) in [6, 6.07) is 10.3. The second kappa shape index (κ2) is 4.61. The molecule has 3 heteroatoms. The summed E-state index contributed by atoms with van der Waals surface area (Å²) in [4.78, 5) is 0. The molecule has 0 fully saturated rings. The molecule has 3 nitrogen and oxygen atoms in total. The van der Waals surface area contributed by atoms with E-state index in [1.165, 1.54) is 16.5 Å². The lowest BCUT2D eigenvalue weighted by atomic mass is 10.2. The molecule has 0 aliphatic heterocycles. The molecule has 2 heterocycles. The Hall–Kier alpha value is -2.16. The first kappa shape index (κ1) is 11.0. The molecule has 0 bridgehead atoms. The number of nitrogens with zero attached hydrogens (tertiary/aromatic N) is 1. The minimum absolute atomic E-state index is 0.696. The normalized spacial score (nSPS) is 10.9. The lowest BCUT2D eigenvalue weighted by Gasteiger charge is -2.05. The molecule has 0 spiro atoms.